The fraction of sp³-hybridized carbons (Fsp3) is 0.125. The van der Waals surface area contributed by atoms with Crippen molar-refractivity contribution in [3.8, 4) is 11.4 Å². The van der Waals surface area contributed by atoms with Crippen LogP contribution in [0.15, 0.2) is 82.7 Å². The summed E-state index contributed by atoms with van der Waals surface area (Å²) in [5.74, 6) is 0.656. The highest BCUT2D eigenvalue weighted by atomic mass is 35.5. The zero-order chi connectivity index (χ0) is 22.9. The number of aromatic nitrogens is 6. The van der Waals surface area contributed by atoms with Gasteiger partial charge in [0.15, 0.2) is 11.0 Å². The van der Waals surface area contributed by atoms with E-state index in [9.17, 15) is 4.79 Å². The molecule has 2 aromatic heterocycles. The molecule has 5 aromatic rings. The average Bonchev–Trinajstić information content (AvgIpc) is 3.33. The fourth-order valence-corrected chi connectivity index (χ4v) is 4.83. The molecule has 0 saturated heterocycles. The predicted molar refractivity (Wildman–Crippen MR) is 131 cm³/mol. The zero-order valence-corrected chi connectivity index (χ0v) is 19.5. The van der Waals surface area contributed by atoms with Gasteiger partial charge in [0, 0.05) is 5.02 Å². The van der Waals surface area contributed by atoms with Crippen LogP contribution in [-0.4, -0.2) is 29.8 Å². The van der Waals surface area contributed by atoms with Crippen molar-refractivity contribution in [3.05, 3.63) is 99.6 Å². The molecule has 7 nitrogen and oxygen atoms in total. The Morgan fingerprint density at radius 3 is 2.55 bits per heavy atom. The summed E-state index contributed by atoms with van der Waals surface area (Å²) < 4.78 is 3.33. The second-order valence-corrected chi connectivity index (χ2v) is 9.20. The molecule has 5 rings (SSSR count). The van der Waals surface area contributed by atoms with Gasteiger partial charge in [-0.1, -0.05) is 59.8 Å². The predicted octanol–water partition coefficient (Wildman–Crippen LogP) is 5.18. The molecule has 2 heterocycles. The van der Waals surface area contributed by atoms with Gasteiger partial charge in [-0.2, -0.15) is 4.68 Å². The van der Waals surface area contributed by atoms with Crippen LogP contribution in [0.2, 0.25) is 5.02 Å². The Bertz CT molecular complexity index is 1510. The average molecular weight is 475 g/mol. The van der Waals surface area contributed by atoms with Crippen LogP contribution in [0.5, 0.6) is 0 Å². The van der Waals surface area contributed by atoms with E-state index in [1.54, 1.807) is 15.3 Å². The molecule has 0 aliphatic carbocycles. The molecular formula is C24H19ClN6OS. The maximum absolute atomic E-state index is 13.6. The molecule has 1 unspecified atom stereocenters. The first-order valence-corrected chi connectivity index (χ1v) is 11.6. The second kappa shape index (κ2) is 8.80. The number of hydrogen-bond donors (Lipinski definition) is 0. The van der Waals surface area contributed by atoms with Crippen molar-refractivity contribution in [3.63, 3.8) is 0 Å². The molecule has 0 bridgehead atoms. The molecule has 164 valence electrons. The molecule has 0 aliphatic rings. The minimum absolute atomic E-state index is 0.150. The highest BCUT2D eigenvalue weighted by molar-refractivity contribution is 7.99. The van der Waals surface area contributed by atoms with Gasteiger partial charge in [0.25, 0.3) is 5.56 Å². The van der Waals surface area contributed by atoms with Crippen molar-refractivity contribution >= 4 is 34.3 Å². The van der Waals surface area contributed by atoms with Crippen molar-refractivity contribution < 1.29 is 0 Å². The Morgan fingerprint density at radius 1 is 0.970 bits per heavy atom. The number of hydrogen-bond acceptors (Lipinski definition) is 6. The van der Waals surface area contributed by atoms with Crippen molar-refractivity contribution in [2.24, 2.45) is 0 Å². The van der Waals surface area contributed by atoms with Crippen LogP contribution in [-0.2, 0) is 0 Å². The number of halogens is 1. The molecule has 33 heavy (non-hydrogen) atoms. The summed E-state index contributed by atoms with van der Waals surface area (Å²) in [6.45, 7) is 3.89. The standard InChI is InChI=1S/C24H19ClN6OS/c1-15-19(25)12-8-14-21(15)30-23(32)18-11-6-7-13-20(18)26-24(30)33-16(2)22-27-28-29-31(22)17-9-4-3-5-10-17/h3-14,16H,1-2H3. The smallest absolute Gasteiger partial charge is 0.266 e. The van der Waals surface area contributed by atoms with Crippen molar-refractivity contribution in [1.82, 2.24) is 29.8 Å². The minimum atomic E-state index is -0.195. The van der Waals surface area contributed by atoms with E-state index in [1.165, 1.54) is 11.8 Å². The third-order valence-corrected chi connectivity index (χ3v) is 6.82. The summed E-state index contributed by atoms with van der Waals surface area (Å²) in [6.07, 6.45) is 0. The van der Waals surface area contributed by atoms with Gasteiger partial charge in [0.2, 0.25) is 0 Å². The van der Waals surface area contributed by atoms with E-state index >= 15 is 0 Å². The first kappa shape index (κ1) is 21.4. The summed E-state index contributed by atoms with van der Waals surface area (Å²) in [7, 11) is 0. The molecule has 0 saturated carbocycles. The number of tetrazole rings is 1. The number of para-hydroxylation sites is 2. The van der Waals surface area contributed by atoms with E-state index in [4.69, 9.17) is 16.6 Å². The van der Waals surface area contributed by atoms with Gasteiger partial charge in [-0.3, -0.25) is 9.36 Å². The molecule has 1 atom stereocenters. The summed E-state index contributed by atoms with van der Waals surface area (Å²) >= 11 is 7.81. The van der Waals surface area contributed by atoms with Gasteiger partial charge in [0.1, 0.15) is 0 Å². The fourth-order valence-electron chi connectivity index (χ4n) is 3.65. The summed E-state index contributed by atoms with van der Waals surface area (Å²) in [5, 5.41) is 13.8. The Morgan fingerprint density at radius 2 is 1.73 bits per heavy atom. The minimum Gasteiger partial charge on any atom is -0.268 e. The van der Waals surface area contributed by atoms with Gasteiger partial charge in [-0.15, -0.1) is 5.10 Å². The first-order chi connectivity index (χ1) is 16.0. The van der Waals surface area contributed by atoms with Crippen molar-refractivity contribution in [1.29, 1.82) is 0 Å². The zero-order valence-electron chi connectivity index (χ0n) is 17.9. The topological polar surface area (TPSA) is 78.5 Å². The van der Waals surface area contributed by atoms with Gasteiger partial charge in [-0.25, -0.2) is 4.98 Å². The monoisotopic (exact) mass is 474 g/mol. The SMILES string of the molecule is Cc1c(Cl)cccc1-n1c(SC(C)c2nnnn2-c2ccccc2)nc2ccccc2c1=O. The number of nitrogens with zero attached hydrogens (tertiary/aromatic N) is 6. The maximum atomic E-state index is 13.6. The Balaban J connectivity index is 1.66. The molecular weight excluding hydrogens is 456 g/mol. The Hall–Kier alpha value is -3.49. The van der Waals surface area contributed by atoms with Crippen molar-refractivity contribution in [2.75, 3.05) is 0 Å². The van der Waals surface area contributed by atoms with E-state index in [0.717, 1.165) is 11.3 Å². The highest BCUT2D eigenvalue weighted by Crippen LogP contribution is 2.35. The van der Waals surface area contributed by atoms with Crippen LogP contribution in [0.4, 0.5) is 0 Å². The van der Waals surface area contributed by atoms with Crippen LogP contribution < -0.4 is 5.56 Å². The summed E-state index contributed by atoms with van der Waals surface area (Å²) in [6, 6.07) is 22.5. The van der Waals surface area contributed by atoms with Crippen LogP contribution in [0.25, 0.3) is 22.3 Å². The molecule has 0 N–H and O–H groups in total. The molecule has 0 spiro atoms. The second-order valence-electron chi connectivity index (χ2n) is 7.48. The van der Waals surface area contributed by atoms with E-state index in [2.05, 4.69) is 15.5 Å². The lowest BCUT2D eigenvalue weighted by molar-refractivity contribution is 0.758. The number of thioether (sulfide) groups is 1. The number of fused-ring (bicyclic) bond motifs is 1. The lowest BCUT2D eigenvalue weighted by atomic mass is 10.2. The van der Waals surface area contributed by atoms with Crippen molar-refractivity contribution in [2.45, 2.75) is 24.3 Å². The van der Waals surface area contributed by atoms with Crippen LogP contribution >= 0.6 is 23.4 Å². The first-order valence-electron chi connectivity index (χ1n) is 10.3. The summed E-state index contributed by atoms with van der Waals surface area (Å²) in [4.78, 5) is 18.4. The molecule has 0 radical (unpaired) electrons. The molecule has 0 amide bonds. The van der Waals surface area contributed by atoms with Gasteiger partial charge in [-0.05, 0) is 66.2 Å². The largest absolute Gasteiger partial charge is 0.268 e. The van der Waals surface area contributed by atoms with E-state index in [1.807, 2.05) is 80.6 Å². The maximum Gasteiger partial charge on any atom is 0.266 e. The van der Waals surface area contributed by atoms with E-state index < -0.39 is 0 Å². The van der Waals surface area contributed by atoms with E-state index in [0.29, 0.717) is 32.6 Å². The van der Waals surface area contributed by atoms with Gasteiger partial charge in [0.05, 0.1) is 27.5 Å². The lowest BCUT2D eigenvalue weighted by Gasteiger charge is -2.18. The Labute approximate surface area is 199 Å². The molecule has 0 aliphatic heterocycles. The molecule has 3 aromatic carbocycles. The number of benzene rings is 3. The quantitative estimate of drug-likeness (QED) is 0.258. The Kier molecular flexibility index (Phi) is 5.70. The van der Waals surface area contributed by atoms with Gasteiger partial charge >= 0.3 is 0 Å². The third kappa shape index (κ3) is 3.92. The normalized spacial score (nSPS) is 12.2. The van der Waals surface area contributed by atoms with Gasteiger partial charge < -0.3 is 0 Å². The van der Waals surface area contributed by atoms with Crippen LogP contribution in [0, 0.1) is 6.92 Å². The molecule has 9 heteroatoms. The molecule has 0 fully saturated rings. The highest BCUT2D eigenvalue weighted by Gasteiger charge is 2.22. The van der Waals surface area contributed by atoms with Crippen LogP contribution in [0.1, 0.15) is 23.6 Å². The lowest BCUT2D eigenvalue weighted by Crippen LogP contribution is -2.23. The number of rotatable bonds is 5. The summed E-state index contributed by atoms with van der Waals surface area (Å²) in [5.41, 5.74) is 2.85. The van der Waals surface area contributed by atoms with Crippen LogP contribution in [0.3, 0.4) is 0 Å². The third-order valence-electron chi connectivity index (χ3n) is 5.37. The van der Waals surface area contributed by atoms with E-state index in [-0.39, 0.29) is 10.8 Å².